The van der Waals surface area contributed by atoms with Gasteiger partial charge in [0.2, 0.25) is 5.89 Å². The van der Waals surface area contributed by atoms with Gasteiger partial charge in [0, 0.05) is 19.8 Å². The molecule has 1 unspecified atom stereocenters. The lowest BCUT2D eigenvalue weighted by molar-refractivity contribution is 0.0698. The van der Waals surface area contributed by atoms with Crippen LogP contribution in [0.4, 0.5) is 6.01 Å². The fraction of sp³-hybridized carbons (Fsp3) is 0.833. The molecule has 1 fully saturated rings. The fourth-order valence-corrected chi connectivity index (χ4v) is 2.06. The first-order chi connectivity index (χ1) is 8.79. The molecule has 1 aromatic heterocycles. The van der Waals surface area contributed by atoms with Crippen LogP contribution in [0.15, 0.2) is 4.42 Å². The lowest BCUT2D eigenvalue weighted by atomic mass is 10.0. The van der Waals surface area contributed by atoms with Crippen molar-refractivity contribution < 1.29 is 9.15 Å². The summed E-state index contributed by atoms with van der Waals surface area (Å²) >= 11 is 0. The predicted octanol–water partition coefficient (Wildman–Crippen LogP) is 1.58. The van der Waals surface area contributed by atoms with Gasteiger partial charge in [-0.05, 0) is 32.2 Å². The van der Waals surface area contributed by atoms with Crippen molar-refractivity contribution in [2.45, 2.75) is 32.7 Å². The van der Waals surface area contributed by atoms with E-state index in [0.29, 0.717) is 17.8 Å². The van der Waals surface area contributed by atoms with Crippen molar-refractivity contribution in [3.05, 3.63) is 5.89 Å². The molecule has 102 valence electrons. The Morgan fingerprint density at radius 3 is 2.83 bits per heavy atom. The maximum absolute atomic E-state index is 5.56. The van der Waals surface area contributed by atoms with Gasteiger partial charge in [-0.1, -0.05) is 12.0 Å². The maximum atomic E-state index is 5.56. The molecule has 2 heterocycles. The quantitative estimate of drug-likeness (QED) is 0.803. The lowest BCUT2D eigenvalue weighted by Gasteiger charge is -2.21. The highest BCUT2D eigenvalue weighted by Gasteiger charge is 2.16. The van der Waals surface area contributed by atoms with Crippen LogP contribution in [0, 0.1) is 5.92 Å². The van der Waals surface area contributed by atoms with E-state index in [9.17, 15) is 0 Å². The van der Waals surface area contributed by atoms with Crippen LogP contribution in [0.1, 0.15) is 38.6 Å². The number of hydrogen-bond acceptors (Lipinski definition) is 6. The summed E-state index contributed by atoms with van der Waals surface area (Å²) in [4.78, 5) is 0. The summed E-state index contributed by atoms with van der Waals surface area (Å²) in [6, 6.07) is 0.613. The van der Waals surface area contributed by atoms with Crippen LogP contribution in [0.5, 0.6) is 0 Å². The number of nitrogens with zero attached hydrogens (tertiary/aromatic N) is 2. The molecule has 2 N–H and O–H groups in total. The topological polar surface area (TPSA) is 72.2 Å². The van der Waals surface area contributed by atoms with E-state index < -0.39 is 0 Å². The first-order valence-electron chi connectivity index (χ1n) is 6.68. The van der Waals surface area contributed by atoms with Crippen LogP contribution < -0.4 is 10.6 Å². The zero-order valence-electron chi connectivity index (χ0n) is 11.1. The van der Waals surface area contributed by atoms with Gasteiger partial charge < -0.3 is 19.8 Å². The van der Waals surface area contributed by atoms with Crippen molar-refractivity contribution >= 4 is 6.01 Å². The third-order valence-electron chi connectivity index (χ3n) is 3.20. The molecule has 1 atom stereocenters. The minimum Gasteiger partial charge on any atom is -0.406 e. The van der Waals surface area contributed by atoms with Crippen LogP contribution in [0.25, 0.3) is 0 Å². The zero-order valence-corrected chi connectivity index (χ0v) is 11.1. The number of anilines is 1. The molecule has 0 aromatic carbocycles. The number of aromatic nitrogens is 2. The summed E-state index contributed by atoms with van der Waals surface area (Å²) in [5.41, 5.74) is 0. The molecule has 0 spiro atoms. The highest BCUT2D eigenvalue weighted by molar-refractivity contribution is 5.17. The Kier molecular flexibility index (Phi) is 4.95. The maximum Gasteiger partial charge on any atom is 0.315 e. The van der Waals surface area contributed by atoms with Crippen LogP contribution in [-0.4, -0.2) is 36.5 Å². The normalized spacial score (nSPS) is 18.8. The molecule has 2 rings (SSSR count). The van der Waals surface area contributed by atoms with Crippen LogP contribution in [-0.2, 0) is 4.74 Å². The number of hydrogen-bond donors (Lipinski definition) is 2. The van der Waals surface area contributed by atoms with Gasteiger partial charge in [0.25, 0.3) is 0 Å². The molecule has 0 amide bonds. The molecule has 1 aliphatic heterocycles. The van der Waals surface area contributed by atoms with Crippen molar-refractivity contribution in [3.8, 4) is 0 Å². The zero-order chi connectivity index (χ0) is 12.8. The van der Waals surface area contributed by atoms with Crippen LogP contribution >= 0.6 is 0 Å². The number of nitrogens with one attached hydrogen (secondary N) is 2. The van der Waals surface area contributed by atoms with Crippen molar-refractivity contribution in [1.29, 1.82) is 0 Å². The van der Waals surface area contributed by atoms with Gasteiger partial charge in [-0.25, -0.2) is 0 Å². The van der Waals surface area contributed by atoms with Gasteiger partial charge in [-0.2, -0.15) is 0 Å². The van der Waals surface area contributed by atoms with Gasteiger partial charge in [0.1, 0.15) is 0 Å². The first kappa shape index (κ1) is 13.3. The molecule has 0 saturated carbocycles. The van der Waals surface area contributed by atoms with E-state index in [1.54, 1.807) is 0 Å². The standard InChI is InChI=1S/C12H22N4O2/c1-3-13-9(2)11-15-16-12(18-11)14-8-10-4-6-17-7-5-10/h9-10,13H,3-8H2,1-2H3,(H,14,16). The summed E-state index contributed by atoms with van der Waals surface area (Å²) in [7, 11) is 0. The Labute approximate surface area is 107 Å². The molecule has 0 radical (unpaired) electrons. The first-order valence-corrected chi connectivity index (χ1v) is 6.68. The molecular formula is C12H22N4O2. The van der Waals surface area contributed by atoms with Crippen molar-refractivity contribution in [2.75, 3.05) is 31.6 Å². The third kappa shape index (κ3) is 3.68. The highest BCUT2D eigenvalue weighted by atomic mass is 16.5. The second kappa shape index (κ2) is 6.70. The monoisotopic (exact) mass is 254 g/mol. The van der Waals surface area contributed by atoms with Crippen molar-refractivity contribution in [2.24, 2.45) is 5.92 Å². The molecule has 6 nitrogen and oxygen atoms in total. The summed E-state index contributed by atoms with van der Waals surface area (Å²) in [5, 5.41) is 14.5. The van der Waals surface area contributed by atoms with E-state index in [1.807, 2.05) is 6.92 Å². The van der Waals surface area contributed by atoms with Crippen LogP contribution in [0.3, 0.4) is 0 Å². The summed E-state index contributed by atoms with van der Waals surface area (Å²) in [6.45, 7) is 7.54. The third-order valence-corrected chi connectivity index (χ3v) is 3.20. The second-order valence-corrected chi connectivity index (χ2v) is 4.66. The van der Waals surface area contributed by atoms with Crippen molar-refractivity contribution in [1.82, 2.24) is 15.5 Å². The van der Waals surface area contributed by atoms with Gasteiger partial charge in [0.15, 0.2) is 0 Å². The molecule has 1 aromatic rings. The second-order valence-electron chi connectivity index (χ2n) is 4.66. The summed E-state index contributed by atoms with van der Waals surface area (Å²) < 4.78 is 10.9. The Hall–Kier alpha value is -1.14. The van der Waals surface area contributed by atoms with Gasteiger partial charge in [0.05, 0.1) is 6.04 Å². The van der Waals surface area contributed by atoms with E-state index in [0.717, 1.165) is 39.1 Å². The SMILES string of the molecule is CCNC(C)c1nnc(NCC2CCOCC2)o1. The highest BCUT2D eigenvalue weighted by Crippen LogP contribution is 2.17. The molecule has 0 aliphatic carbocycles. The average molecular weight is 254 g/mol. The lowest BCUT2D eigenvalue weighted by Crippen LogP contribution is -2.22. The van der Waals surface area contributed by atoms with Gasteiger partial charge in [-0.15, -0.1) is 5.10 Å². The molecule has 0 bridgehead atoms. The summed E-state index contributed by atoms with van der Waals surface area (Å²) in [5.74, 6) is 1.27. The Bertz CT molecular complexity index is 350. The molecule has 18 heavy (non-hydrogen) atoms. The van der Waals surface area contributed by atoms with Crippen LogP contribution in [0.2, 0.25) is 0 Å². The van der Waals surface area contributed by atoms with E-state index in [2.05, 4.69) is 27.8 Å². The largest absolute Gasteiger partial charge is 0.406 e. The number of ether oxygens (including phenoxy) is 1. The van der Waals surface area contributed by atoms with Gasteiger partial charge in [-0.3, -0.25) is 0 Å². The van der Waals surface area contributed by atoms with E-state index in [4.69, 9.17) is 9.15 Å². The molecule has 1 aliphatic rings. The smallest absolute Gasteiger partial charge is 0.315 e. The fourth-order valence-electron chi connectivity index (χ4n) is 2.06. The Balaban J connectivity index is 1.79. The Morgan fingerprint density at radius 2 is 2.11 bits per heavy atom. The number of rotatable bonds is 6. The Morgan fingerprint density at radius 1 is 1.33 bits per heavy atom. The molecule has 1 saturated heterocycles. The van der Waals surface area contributed by atoms with Crippen molar-refractivity contribution in [3.63, 3.8) is 0 Å². The van der Waals surface area contributed by atoms with E-state index in [-0.39, 0.29) is 6.04 Å². The van der Waals surface area contributed by atoms with E-state index >= 15 is 0 Å². The van der Waals surface area contributed by atoms with Gasteiger partial charge >= 0.3 is 6.01 Å². The minimum atomic E-state index is 0.0983. The molecular weight excluding hydrogens is 232 g/mol. The van der Waals surface area contributed by atoms with E-state index in [1.165, 1.54) is 0 Å². The average Bonchev–Trinajstić information content (AvgIpc) is 2.87. The summed E-state index contributed by atoms with van der Waals surface area (Å²) in [6.07, 6.45) is 2.20. The predicted molar refractivity (Wildman–Crippen MR) is 68.4 cm³/mol. The molecule has 6 heteroatoms. The minimum absolute atomic E-state index is 0.0983.